The first kappa shape index (κ1) is 19.9. The maximum absolute atomic E-state index is 13.4. The number of fused-ring (bicyclic) bond motifs is 3. The second-order valence-corrected chi connectivity index (χ2v) is 8.18. The summed E-state index contributed by atoms with van der Waals surface area (Å²) in [6, 6.07) is 12.6. The van der Waals surface area contributed by atoms with Gasteiger partial charge in [-0.3, -0.25) is 9.36 Å². The van der Waals surface area contributed by atoms with Gasteiger partial charge in [-0.15, -0.1) is 0 Å². The van der Waals surface area contributed by atoms with E-state index in [1.54, 1.807) is 12.1 Å². The van der Waals surface area contributed by atoms with Crippen molar-refractivity contribution >= 4 is 33.3 Å². The first-order valence-electron chi connectivity index (χ1n) is 10.1. The number of nitrogens with zero attached hydrogens (tertiary/aromatic N) is 3. The SMILES string of the molecule is O=c1c2cc(Cc3ccc(Cl)[n+]([O-])c3)c3ccccc3c2ncn1[C@H]1CCOC[C@@H]1O. The Kier molecular flexibility index (Phi) is 5.09. The fraction of sp³-hybridized carbons (Fsp3) is 0.261. The number of aliphatic hydroxyl groups is 1. The van der Waals surface area contributed by atoms with Crippen LogP contribution in [0.5, 0.6) is 0 Å². The topological polar surface area (TPSA) is 91.3 Å². The van der Waals surface area contributed by atoms with Crippen molar-refractivity contribution in [1.29, 1.82) is 0 Å². The second-order valence-electron chi connectivity index (χ2n) is 7.80. The molecule has 0 radical (unpaired) electrons. The van der Waals surface area contributed by atoms with E-state index in [9.17, 15) is 15.1 Å². The minimum Gasteiger partial charge on any atom is -0.618 e. The van der Waals surface area contributed by atoms with Gasteiger partial charge in [0.1, 0.15) is 0 Å². The van der Waals surface area contributed by atoms with Crippen molar-refractivity contribution in [2.24, 2.45) is 0 Å². The van der Waals surface area contributed by atoms with E-state index in [1.807, 2.05) is 30.3 Å². The summed E-state index contributed by atoms with van der Waals surface area (Å²) < 4.78 is 7.44. The molecule has 2 aromatic heterocycles. The first-order chi connectivity index (χ1) is 15.0. The Labute approximate surface area is 182 Å². The van der Waals surface area contributed by atoms with Gasteiger partial charge in [-0.1, -0.05) is 24.3 Å². The van der Waals surface area contributed by atoms with Crippen molar-refractivity contribution in [2.75, 3.05) is 13.2 Å². The largest absolute Gasteiger partial charge is 0.618 e. The van der Waals surface area contributed by atoms with Crippen molar-refractivity contribution in [3.63, 3.8) is 0 Å². The zero-order valence-electron chi connectivity index (χ0n) is 16.6. The number of hydrogen-bond acceptors (Lipinski definition) is 5. The van der Waals surface area contributed by atoms with Gasteiger partial charge in [0.25, 0.3) is 10.7 Å². The lowest BCUT2D eigenvalue weighted by molar-refractivity contribution is -0.603. The predicted octanol–water partition coefficient (Wildman–Crippen LogP) is 2.75. The number of pyridine rings is 1. The van der Waals surface area contributed by atoms with Gasteiger partial charge in [0.2, 0.25) is 0 Å². The Hall–Kier alpha value is -3.00. The van der Waals surface area contributed by atoms with Crippen LogP contribution in [0.1, 0.15) is 23.6 Å². The number of ether oxygens (including phenoxy) is 1. The Morgan fingerprint density at radius 2 is 2.03 bits per heavy atom. The third-order valence-corrected chi connectivity index (χ3v) is 6.14. The summed E-state index contributed by atoms with van der Waals surface area (Å²) in [5.41, 5.74) is 2.12. The molecule has 0 aliphatic carbocycles. The van der Waals surface area contributed by atoms with Crippen molar-refractivity contribution in [3.8, 4) is 0 Å². The molecule has 158 valence electrons. The smallest absolute Gasteiger partial charge is 0.286 e. The molecule has 2 aromatic carbocycles. The molecular formula is C23H20ClN3O4. The van der Waals surface area contributed by atoms with Gasteiger partial charge in [-0.25, -0.2) is 4.98 Å². The molecule has 5 rings (SSSR count). The van der Waals surface area contributed by atoms with Crippen LogP contribution in [-0.4, -0.2) is 34.0 Å². The molecule has 1 fully saturated rings. The Morgan fingerprint density at radius 3 is 2.81 bits per heavy atom. The molecule has 1 N–H and O–H groups in total. The molecule has 1 aliphatic heterocycles. The third-order valence-electron chi connectivity index (χ3n) is 5.85. The number of aromatic nitrogens is 3. The molecule has 0 spiro atoms. The summed E-state index contributed by atoms with van der Waals surface area (Å²) in [5, 5.41) is 24.7. The van der Waals surface area contributed by atoms with E-state index in [-0.39, 0.29) is 23.4 Å². The van der Waals surface area contributed by atoms with Gasteiger partial charge < -0.3 is 15.1 Å². The molecule has 0 saturated carbocycles. The molecule has 0 unspecified atom stereocenters. The normalized spacial score (nSPS) is 19.2. The third kappa shape index (κ3) is 3.54. The van der Waals surface area contributed by atoms with Crippen LogP contribution in [0.4, 0.5) is 0 Å². The highest BCUT2D eigenvalue weighted by Gasteiger charge is 2.27. The number of benzene rings is 2. The summed E-state index contributed by atoms with van der Waals surface area (Å²) in [6.45, 7) is 0.685. The minimum atomic E-state index is -0.757. The number of aliphatic hydroxyl groups excluding tert-OH is 1. The van der Waals surface area contributed by atoms with Crippen LogP contribution < -0.4 is 10.3 Å². The van der Waals surface area contributed by atoms with Crippen molar-refractivity contribution in [3.05, 3.63) is 86.8 Å². The lowest BCUT2D eigenvalue weighted by Gasteiger charge is -2.29. The summed E-state index contributed by atoms with van der Waals surface area (Å²) in [4.78, 5) is 18.0. The summed E-state index contributed by atoms with van der Waals surface area (Å²) in [5.74, 6) is 0. The van der Waals surface area contributed by atoms with E-state index in [0.717, 1.165) is 21.9 Å². The van der Waals surface area contributed by atoms with Gasteiger partial charge in [0.15, 0.2) is 6.20 Å². The van der Waals surface area contributed by atoms with E-state index in [1.165, 1.54) is 17.1 Å². The molecule has 8 heteroatoms. The number of halogens is 1. The van der Waals surface area contributed by atoms with Gasteiger partial charge in [0.05, 0.1) is 36.0 Å². The molecule has 1 saturated heterocycles. The lowest BCUT2D eigenvalue weighted by Crippen LogP contribution is -2.39. The number of hydrogen-bond donors (Lipinski definition) is 1. The van der Waals surface area contributed by atoms with E-state index in [2.05, 4.69) is 4.98 Å². The quantitative estimate of drug-likeness (QED) is 0.230. The van der Waals surface area contributed by atoms with Crippen LogP contribution in [0, 0.1) is 5.21 Å². The molecule has 1 aliphatic rings. The lowest BCUT2D eigenvalue weighted by atomic mass is 9.96. The minimum absolute atomic E-state index is 0.106. The van der Waals surface area contributed by atoms with Crippen LogP contribution in [-0.2, 0) is 11.2 Å². The van der Waals surface area contributed by atoms with E-state index < -0.39 is 6.10 Å². The highest BCUT2D eigenvalue weighted by atomic mass is 35.5. The molecule has 0 bridgehead atoms. The average molecular weight is 438 g/mol. The Balaban J connectivity index is 1.70. The second kappa shape index (κ2) is 7.92. The fourth-order valence-electron chi connectivity index (χ4n) is 4.30. The average Bonchev–Trinajstić information content (AvgIpc) is 2.78. The summed E-state index contributed by atoms with van der Waals surface area (Å²) in [6.07, 6.45) is 3.22. The zero-order chi connectivity index (χ0) is 21.5. The highest BCUT2D eigenvalue weighted by molar-refractivity contribution is 6.28. The predicted molar refractivity (Wildman–Crippen MR) is 117 cm³/mol. The molecular weight excluding hydrogens is 418 g/mol. The monoisotopic (exact) mass is 437 g/mol. The molecule has 2 atom stereocenters. The molecule has 0 amide bonds. The summed E-state index contributed by atoms with van der Waals surface area (Å²) in [7, 11) is 0. The van der Waals surface area contributed by atoms with Gasteiger partial charge >= 0.3 is 0 Å². The van der Waals surface area contributed by atoms with Crippen LogP contribution in [0.3, 0.4) is 0 Å². The van der Waals surface area contributed by atoms with E-state index >= 15 is 0 Å². The van der Waals surface area contributed by atoms with Gasteiger partial charge in [-0.05, 0) is 41.1 Å². The summed E-state index contributed by atoms with van der Waals surface area (Å²) >= 11 is 5.85. The van der Waals surface area contributed by atoms with Crippen molar-refractivity contribution < 1.29 is 14.6 Å². The maximum atomic E-state index is 13.4. The van der Waals surface area contributed by atoms with Crippen LogP contribution >= 0.6 is 11.6 Å². The van der Waals surface area contributed by atoms with Crippen molar-refractivity contribution in [2.45, 2.75) is 25.0 Å². The maximum Gasteiger partial charge on any atom is 0.286 e. The van der Waals surface area contributed by atoms with Crippen LogP contribution in [0.15, 0.2) is 59.8 Å². The van der Waals surface area contributed by atoms with Crippen LogP contribution in [0.2, 0.25) is 5.15 Å². The fourth-order valence-corrected chi connectivity index (χ4v) is 4.41. The molecule has 3 heterocycles. The Bertz CT molecular complexity index is 1350. The standard InChI is InChI=1S/C23H20ClN3O4/c24-21-6-5-14(11-27(21)30)9-15-10-18-22(17-4-2-1-3-16(15)17)25-13-26(23(18)29)19-7-8-31-12-20(19)28/h1-6,10-11,13,19-20,28H,7-9,12H2/t19-,20-/m0/s1. The van der Waals surface area contributed by atoms with Gasteiger partial charge in [-0.2, -0.15) is 4.73 Å². The van der Waals surface area contributed by atoms with E-state index in [4.69, 9.17) is 16.3 Å². The molecule has 31 heavy (non-hydrogen) atoms. The zero-order valence-corrected chi connectivity index (χ0v) is 17.3. The highest BCUT2D eigenvalue weighted by Crippen LogP contribution is 2.28. The molecule has 4 aromatic rings. The first-order valence-corrected chi connectivity index (χ1v) is 10.5. The number of rotatable bonds is 3. The Morgan fingerprint density at radius 1 is 1.23 bits per heavy atom. The van der Waals surface area contributed by atoms with Crippen LogP contribution in [0.25, 0.3) is 21.7 Å². The van der Waals surface area contributed by atoms with E-state index in [0.29, 0.717) is 35.1 Å². The molecule has 7 nitrogen and oxygen atoms in total. The van der Waals surface area contributed by atoms with Crippen molar-refractivity contribution in [1.82, 2.24) is 9.55 Å². The van der Waals surface area contributed by atoms with Gasteiger partial charge in [0, 0.05) is 30.0 Å².